The number of rotatable bonds is 4. The molecule has 1 heterocycles. The van der Waals surface area contributed by atoms with Crippen molar-refractivity contribution in [2.75, 3.05) is 7.11 Å². The highest BCUT2D eigenvalue weighted by Gasteiger charge is 2.17. The standard InChI is InChI=1S/C18H20N2O2/c1-22-18(21)16(19)11-12-5-7-13(8-6-12)14-9-10-20-17-4-2-3-15(14)17/h5-10,16H,2-4,11,19H2,1H3/t16-/m0/s1. The van der Waals surface area contributed by atoms with Crippen LogP contribution in [0.4, 0.5) is 0 Å². The number of nitrogens with zero attached hydrogens (tertiary/aromatic N) is 1. The van der Waals surface area contributed by atoms with E-state index in [1.54, 1.807) is 0 Å². The van der Waals surface area contributed by atoms with Gasteiger partial charge in [0.05, 0.1) is 7.11 Å². The summed E-state index contributed by atoms with van der Waals surface area (Å²) < 4.78 is 4.66. The van der Waals surface area contributed by atoms with Gasteiger partial charge in [0.25, 0.3) is 0 Å². The Hall–Kier alpha value is -2.20. The molecule has 0 fully saturated rings. The predicted molar refractivity (Wildman–Crippen MR) is 85.4 cm³/mol. The Morgan fingerprint density at radius 1 is 1.27 bits per heavy atom. The van der Waals surface area contributed by atoms with E-state index in [0.717, 1.165) is 18.4 Å². The van der Waals surface area contributed by atoms with Crippen molar-refractivity contribution >= 4 is 5.97 Å². The number of methoxy groups -OCH3 is 1. The third-order valence-corrected chi connectivity index (χ3v) is 4.21. The SMILES string of the molecule is COC(=O)[C@@H](N)Cc1ccc(-c2ccnc3c2CCC3)cc1. The van der Waals surface area contributed by atoms with Gasteiger partial charge in [0.1, 0.15) is 6.04 Å². The van der Waals surface area contributed by atoms with Gasteiger partial charge in [-0.1, -0.05) is 24.3 Å². The summed E-state index contributed by atoms with van der Waals surface area (Å²) in [7, 11) is 1.36. The zero-order valence-electron chi connectivity index (χ0n) is 12.7. The summed E-state index contributed by atoms with van der Waals surface area (Å²) in [5, 5.41) is 0. The summed E-state index contributed by atoms with van der Waals surface area (Å²) in [6, 6.07) is 9.71. The van der Waals surface area contributed by atoms with Gasteiger partial charge in [-0.15, -0.1) is 0 Å². The number of ether oxygens (including phenoxy) is 1. The van der Waals surface area contributed by atoms with Crippen LogP contribution in [0.5, 0.6) is 0 Å². The minimum atomic E-state index is -0.610. The maximum Gasteiger partial charge on any atom is 0.322 e. The third kappa shape index (κ3) is 2.88. The molecule has 0 radical (unpaired) electrons. The van der Waals surface area contributed by atoms with Gasteiger partial charge in [0.15, 0.2) is 0 Å². The summed E-state index contributed by atoms with van der Waals surface area (Å²) >= 11 is 0. The van der Waals surface area contributed by atoms with Gasteiger partial charge in [0, 0.05) is 11.9 Å². The van der Waals surface area contributed by atoms with Crippen molar-refractivity contribution < 1.29 is 9.53 Å². The van der Waals surface area contributed by atoms with Crippen LogP contribution in [0, 0.1) is 0 Å². The minimum Gasteiger partial charge on any atom is -0.468 e. The van der Waals surface area contributed by atoms with Crippen LogP contribution in [0.15, 0.2) is 36.5 Å². The average molecular weight is 296 g/mol. The fourth-order valence-corrected chi connectivity index (χ4v) is 3.04. The fourth-order valence-electron chi connectivity index (χ4n) is 3.04. The van der Waals surface area contributed by atoms with Crippen LogP contribution in [0.25, 0.3) is 11.1 Å². The number of aromatic nitrogens is 1. The van der Waals surface area contributed by atoms with E-state index in [1.807, 2.05) is 18.3 Å². The van der Waals surface area contributed by atoms with Crippen molar-refractivity contribution in [3.8, 4) is 11.1 Å². The van der Waals surface area contributed by atoms with Crippen molar-refractivity contribution in [3.63, 3.8) is 0 Å². The smallest absolute Gasteiger partial charge is 0.322 e. The van der Waals surface area contributed by atoms with E-state index in [-0.39, 0.29) is 5.97 Å². The van der Waals surface area contributed by atoms with Gasteiger partial charge >= 0.3 is 5.97 Å². The number of carbonyl (C=O) groups is 1. The van der Waals surface area contributed by atoms with Crippen LogP contribution in [0.2, 0.25) is 0 Å². The summed E-state index contributed by atoms with van der Waals surface area (Å²) in [5.41, 5.74) is 11.9. The number of pyridine rings is 1. The first-order valence-corrected chi connectivity index (χ1v) is 7.58. The summed E-state index contributed by atoms with van der Waals surface area (Å²) in [6.45, 7) is 0. The Morgan fingerprint density at radius 2 is 2.05 bits per heavy atom. The van der Waals surface area contributed by atoms with Crippen LogP contribution < -0.4 is 5.73 Å². The molecule has 114 valence electrons. The molecular weight excluding hydrogens is 276 g/mol. The van der Waals surface area contributed by atoms with E-state index in [0.29, 0.717) is 6.42 Å². The van der Waals surface area contributed by atoms with Gasteiger partial charge in [-0.05, 0) is 54.0 Å². The molecule has 0 amide bonds. The Kier molecular flexibility index (Phi) is 4.20. The first kappa shape index (κ1) is 14.7. The van der Waals surface area contributed by atoms with E-state index in [4.69, 9.17) is 5.73 Å². The van der Waals surface area contributed by atoms with Gasteiger partial charge < -0.3 is 10.5 Å². The molecule has 0 spiro atoms. The van der Waals surface area contributed by atoms with Crippen LogP contribution in [0.3, 0.4) is 0 Å². The lowest BCUT2D eigenvalue weighted by molar-refractivity contribution is -0.142. The Morgan fingerprint density at radius 3 is 2.77 bits per heavy atom. The molecule has 0 saturated carbocycles. The second-order valence-electron chi connectivity index (χ2n) is 5.67. The molecule has 0 unspecified atom stereocenters. The molecule has 0 saturated heterocycles. The minimum absolute atomic E-state index is 0.379. The lowest BCUT2D eigenvalue weighted by Gasteiger charge is -2.11. The lowest BCUT2D eigenvalue weighted by Crippen LogP contribution is -2.33. The zero-order valence-corrected chi connectivity index (χ0v) is 12.7. The third-order valence-electron chi connectivity index (χ3n) is 4.21. The molecule has 1 aliphatic carbocycles. The Bertz CT molecular complexity index is 680. The number of esters is 1. The van der Waals surface area contributed by atoms with E-state index in [2.05, 4.69) is 27.9 Å². The molecule has 3 rings (SSSR count). The summed E-state index contributed by atoms with van der Waals surface area (Å²) in [4.78, 5) is 15.8. The van der Waals surface area contributed by atoms with E-state index >= 15 is 0 Å². The molecule has 0 aliphatic heterocycles. The Labute approximate surface area is 130 Å². The first-order valence-electron chi connectivity index (χ1n) is 7.58. The van der Waals surface area contributed by atoms with Gasteiger partial charge in [0.2, 0.25) is 0 Å². The quantitative estimate of drug-likeness (QED) is 0.879. The predicted octanol–water partition coefficient (Wildman–Crippen LogP) is 2.28. The molecule has 1 aromatic heterocycles. The second kappa shape index (κ2) is 6.28. The topological polar surface area (TPSA) is 65.2 Å². The highest BCUT2D eigenvalue weighted by molar-refractivity contribution is 5.76. The number of nitrogens with two attached hydrogens (primary N) is 1. The Balaban J connectivity index is 1.80. The number of hydrogen-bond acceptors (Lipinski definition) is 4. The normalized spacial score (nSPS) is 14.5. The number of hydrogen-bond donors (Lipinski definition) is 1. The van der Waals surface area contributed by atoms with Crippen LogP contribution in [-0.2, 0) is 28.8 Å². The lowest BCUT2D eigenvalue weighted by atomic mass is 9.97. The first-order chi connectivity index (χ1) is 10.7. The number of fused-ring (bicyclic) bond motifs is 1. The van der Waals surface area contributed by atoms with Crippen molar-refractivity contribution in [2.45, 2.75) is 31.7 Å². The summed E-state index contributed by atoms with van der Waals surface area (Å²) in [5.74, 6) is -0.379. The molecule has 4 nitrogen and oxygen atoms in total. The van der Waals surface area contributed by atoms with Crippen molar-refractivity contribution in [1.29, 1.82) is 0 Å². The molecule has 22 heavy (non-hydrogen) atoms. The van der Waals surface area contributed by atoms with Crippen LogP contribution >= 0.6 is 0 Å². The highest BCUT2D eigenvalue weighted by atomic mass is 16.5. The number of benzene rings is 1. The molecule has 1 aliphatic rings. The maximum atomic E-state index is 11.4. The molecular formula is C18H20N2O2. The monoisotopic (exact) mass is 296 g/mol. The average Bonchev–Trinajstić information content (AvgIpc) is 3.03. The van der Waals surface area contributed by atoms with Crippen molar-refractivity contribution in [2.24, 2.45) is 5.73 Å². The van der Waals surface area contributed by atoms with Gasteiger partial charge in [-0.25, -0.2) is 0 Å². The molecule has 2 N–H and O–H groups in total. The van der Waals surface area contributed by atoms with E-state index in [9.17, 15) is 4.79 Å². The van der Waals surface area contributed by atoms with E-state index < -0.39 is 6.04 Å². The van der Waals surface area contributed by atoms with Gasteiger partial charge in [-0.2, -0.15) is 0 Å². The molecule has 1 atom stereocenters. The zero-order chi connectivity index (χ0) is 15.5. The van der Waals surface area contributed by atoms with Crippen LogP contribution in [-0.4, -0.2) is 24.1 Å². The highest BCUT2D eigenvalue weighted by Crippen LogP contribution is 2.31. The molecule has 1 aromatic carbocycles. The number of aryl methyl sites for hydroxylation is 1. The van der Waals surface area contributed by atoms with Crippen molar-refractivity contribution in [3.05, 3.63) is 53.3 Å². The number of carbonyl (C=O) groups excluding carboxylic acids is 1. The largest absolute Gasteiger partial charge is 0.468 e. The molecule has 4 heteroatoms. The van der Waals surface area contributed by atoms with E-state index in [1.165, 1.54) is 35.9 Å². The molecule has 0 bridgehead atoms. The summed E-state index contributed by atoms with van der Waals surface area (Å²) in [6.07, 6.45) is 5.75. The maximum absolute atomic E-state index is 11.4. The van der Waals surface area contributed by atoms with Crippen molar-refractivity contribution in [1.82, 2.24) is 4.98 Å². The fraction of sp³-hybridized carbons (Fsp3) is 0.333. The van der Waals surface area contributed by atoms with Crippen LogP contribution in [0.1, 0.15) is 23.2 Å². The molecule has 2 aromatic rings. The second-order valence-corrected chi connectivity index (χ2v) is 5.67. The van der Waals surface area contributed by atoms with Gasteiger partial charge in [-0.3, -0.25) is 9.78 Å².